The fourth-order valence-corrected chi connectivity index (χ4v) is 3.35. The lowest BCUT2D eigenvalue weighted by Crippen LogP contribution is -2.36. The molecule has 1 aliphatic rings. The molecule has 5 heteroatoms. The Bertz CT molecular complexity index is 870. The molecule has 5 nitrogen and oxygen atoms in total. The molecule has 1 aliphatic heterocycles. The standard InChI is InChI=1S/C22H23NO4/c1-2-15-3-5-17(6-4-15)20(24)9-10-21(25)23-12-11-16-7-8-18(22(26)27)13-19(16)14-23/h3-8,13H,2,9-12,14H2,1H3,(H,26,27). The SMILES string of the molecule is CCc1ccc(C(=O)CCC(=O)N2CCc3ccc(C(=O)O)cc3C2)cc1. The van der Waals surface area contributed by atoms with Gasteiger partial charge in [0.05, 0.1) is 5.56 Å². The van der Waals surface area contributed by atoms with Crippen molar-refractivity contribution in [2.45, 2.75) is 39.2 Å². The number of Topliss-reactive ketones (excluding diaryl/α,β-unsaturated/α-hetero) is 1. The van der Waals surface area contributed by atoms with Crippen molar-refractivity contribution in [2.75, 3.05) is 6.54 Å². The zero-order valence-corrected chi connectivity index (χ0v) is 15.4. The molecule has 0 fully saturated rings. The molecule has 1 amide bonds. The van der Waals surface area contributed by atoms with Gasteiger partial charge in [0.1, 0.15) is 0 Å². The molecule has 0 spiro atoms. The van der Waals surface area contributed by atoms with Crippen LogP contribution in [0.4, 0.5) is 0 Å². The zero-order chi connectivity index (χ0) is 19.4. The maximum atomic E-state index is 12.5. The van der Waals surface area contributed by atoms with Crippen LogP contribution >= 0.6 is 0 Å². The lowest BCUT2D eigenvalue weighted by Gasteiger charge is -2.29. The molecule has 1 N–H and O–H groups in total. The average Bonchev–Trinajstić information content (AvgIpc) is 2.70. The number of hydrogen-bond acceptors (Lipinski definition) is 3. The van der Waals surface area contributed by atoms with Crippen LogP contribution in [0, 0.1) is 0 Å². The third kappa shape index (κ3) is 4.42. The molecule has 2 aromatic carbocycles. The third-order valence-corrected chi connectivity index (χ3v) is 5.07. The highest BCUT2D eigenvalue weighted by Crippen LogP contribution is 2.21. The van der Waals surface area contributed by atoms with E-state index in [0.717, 1.165) is 17.5 Å². The first-order chi connectivity index (χ1) is 13.0. The van der Waals surface area contributed by atoms with Gasteiger partial charge in [-0.25, -0.2) is 4.79 Å². The second kappa shape index (κ2) is 8.16. The topological polar surface area (TPSA) is 74.7 Å². The highest BCUT2D eigenvalue weighted by molar-refractivity contribution is 5.98. The van der Waals surface area contributed by atoms with Crippen molar-refractivity contribution in [3.05, 3.63) is 70.3 Å². The number of rotatable bonds is 6. The molecule has 140 valence electrons. The van der Waals surface area contributed by atoms with Crippen molar-refractivity contribution in [2.24, 2.45) is 0 Å². The van der Waals surface area contributed by atoms with E-state index >= 15 is 0 Å². The van der Waals surface area contributed by atoms with Gasteiger partial charge in [0, 0.05) is 31.5 Å². The van der Waals surface area contributed by atoms with E-state index in [1.54, 1.807) is 17.0 Å². The van der Waals surface area contributed by atoms with Gasteiger partial charge in [0.2, 0.25) is 5.91 Å². The van der Waals surface area contributed by atoms with E-state index in [1.807, 2.05) is 30.3 Å². The summed E-state index contributed by atoms with van der Waals surface area (Å²) in [6.07, 6.45) is 1.98. The first-order valence-corrected chi connectivity index (χ1v) is 9.23. The van der Waals surface area contributed by atoms with Crippen LogP contribution in [0.1, 0.15) is 57.2 Å². The summed E-state index contributed by atoms with van der Waals surface area (Å²) in [4.78, 5) is 37.7. The first-order valence-electron chi connectivity index (χ1n) is 9.23. The number of nitrogens with zero attached hydrogens (tertiary/aromatic N) is 1. The molecule has 0 aliphatic carbocycles. The van der Waals surface area contributed by atoms with Crippen LogP contribution in [-0.4, -0.2) is 34.2 Å². The van der Waals surface area contributed by atoms with Crippen molar-refractivity contribution in [3.8, 4) is 0 Å². The fourth-order valence-electron chi connectivity index (χ4n) is 3.35. The number of carbonyl (C=O) groups excluding carboxylic acids is 2. The lowest BCUT2D eigenvalue weighted by atomic mass is 9.97. The Kier molecular flexibility index (Phi) is 5.69. The average molecular weight is 365 g/mol. The number of amides is 1. The minimum atomic E-state index is -0.971. The molecule has 27 heavy (non-hydrogen) atoms. The molecule has 2 aromatic rings. The normalized spacial score (nSPS) is 13.1. The second-order valence-electron chi connectivity index (χ2n) is 6.83. The van der Waals surface area contributed by atoms with Gasteiger partial charge in [-0.05, 0) is 41.7 Å². The predicted molar refractivity (Wildman–Crippen MR) is 102 cm³/mol. The molecule has 1 heterocycles. The van der Waals surface area contributed by atoms with E-state index < -0.39 is 5.97 Å². The molecule has 0 unspecified atom stereocenters. The Balaban J connectivity index is 1.59. The van der Waals surface area contributed by atoms with Gasteiger partial charge in [-0.2, -0.15) is 0 Å². The highest BCUT2D eigenvalue weighted by Gasteiger charge is 2.22. The smallest absolute Gasteiger partial charge is 0.335 e. The number of hydrogen-bond donors (Lipinski definition) is 1. The van der Waals surface area contributed by atoms with E-state index in [-0.39, 0.29) is 30.1 Å². The van der Waals surface area contributed by atoms with Crippen LogP contribution in [0.3, 0.4) is 0 Å². The van der Waals surface area contributed by atoms with E-state index in [4.69, 9.17) is 5.11 Å². The molecule has 3 rings (SSSR count). The van der Waals surface area contributed by atoms with E-state index in [2.05, 4.69) is 6.92 Å². The monoisotopic (exact) mass is 365 g/mol. The first kappa shape index (κ1) is 18.8. The van der Waals surface area contributed by atoms with Gasteiger partial charge in [-0.3, -0.25) is 9.59 Å². The van der Waals surface area contributed by atoms with Crippen molar-refractivity contribution < 1.29 is 19.5 Å². The van der Waals surface area contributed by atoms with E-state index in [1.165, 1.54) is 5.56 Å². The van der Waals surface area contributed by atoms with Crippen LogP contribution < -0.4 is 0 Å². The number of aryl methyl sites for hydroxylation is 1. The van der Waals surface area contributed by atoms with Crippen LogP contribution in [0.15, 0.2) is 42.5 Å². The summed E-state index contributed by atoms with van der Waals surface area (Å²) < 4.78 is 0. The number of carboxylic acid groups (broad SMARTS) is 1. The van der Waals surface area contributed by atoms with E-state index in [9.17, 15) is 14.4 Å². The Morgan fingerprint density at radius 2 is 1.67 bits per heavy atom. The van der Waals surface area contributed by atoms with Crippen molar-refractivity contribution in [1.82, 2.24) is 4.90 Å². The Morgan fingerprint density at radius 3 is 2.33 bits per heavy atom. The molecular weight excluding hydrogens is 342 g/mol. The number of benzene rings is 2. The third-order valence-electron chi connectivity index (χ3n) is 5.07. The van der Waals surface area contributed by atoms with E-state index in [0.29, 0.717) is 25.1 Å². The summed E-state index contributed by atoms with van der Waals surface area (Å²) in [7, 11) is 0. The number of carboxylic acids is 1. The molecule has 0 radical (unpaired) electrons. The maximum absolute atomic E-state index is 12.5. The Hall–Kier alpha value is -2.95. The van der Waals surface area contributed by atoms with Gasteiger partial charge < -0.3 is 10.0 Å². The summed E-state index contributed by atoms with van der Waals surface area (Å²) in [5, 5.41) is 9.13. The molecule has 0 aromatic heterocycles. The van der Waals surface area contributed by atoms with Gasteiger partial charge in [0.15, 0.2) is 5.78 Å². The van der Waals surface area contributed by atoms with Crippen molar-refractivity contribution in [3.63, 3.8) is 0 Å². The number of carbonyl (C=O) groups is 3. The summed E-state index contributed by atoms with van der Waals surface area (Å²) >= 11 is 0. The number of ketones is 1. The van der Waals surface area contributed by atoms with Gasteiger partial charge in [0.25, 0.3) is 0 Å². The largest absolute Gasteiger partial charge is 0.478 e. The highest BCUT2D eigenvalue weighted by atomic mass is 16.4. The van der Waals surface area contributed by atoms with Gasteiger partial charge in [-0.1, -0.05) is 37.3 Å². The Labute approximate surface area is 158 Å². The van der Waals surface area contributed by atoms with Crippen LogP contribution in [-0.2, 0) is 24.2 Å². The van der Waals surface area contributed by atoms with Crippen LogP contribution in [0.25, 0.3) is 0 Å². The molecule has 0 saturated carbocycles. The second-order valence-corrected chi connectivity index (χ2v) is 6.83. The molecule has 0 bridgehead atoms. The fraction of sp³-hybridized carbons (Fsp3) is 0.318. The maximum Gasteiger partial charge on any atom is 0.335 e. The predicted octanol–water partition coefficient (Wildman–Crippen LogP) is 3.50. The molecule has 0 atom stereocenters. The summed E-state index contributed by atoms with van der Waals surface area (Å²) in [5.41, 5.74) is 3.99. The summed E-state index contributed by atoms with van der Waals surface area (Å²) in [5.74, 6) is -1.07. The van der Waals surface area contributed by atoms with Crippen molar-refractivity contribution >= 4 is 17.7 Å². The quantitative estimate of drug-likeness (QED) is 0.795. The molecular formula is C22H23NO4. The summed E-state index contributed by atoms with van der Waals surface area (Å²) in [6, 6.07) is 12.6. The number of aromatic carboxylic acids is 1. The summed E-state index contributed by atoms with van der Waals surface area (Å²) in [6.45, 7) is 3.05. The lowest BCUT2D eigenvalue weighted by molar-refractivity contribution is -0.132. The van der Waals surface area contributed by atoms with Crippen LogP contribution in [0.5, 0.6) is 0 Å². The van der Waals surface area contributed by atoms with Crippen molar-refractivity contribution in [1.29, 1.82) is 0 Å². The molecule has 0 saturated heterocycles. The van der Waals surface area contributed by atoms with Gasteiger partial charge in [-0.15, -0.1) is 0 Å². The zero-order valence-electron chi connectivity index (χ0n) is 15.4. The van der Waals surface area contributed by atoms with Crippen LogP contribution in [0.2, 0.25) is 0 Å². The van der Waals surface area contributed by atoms with Gasteiger partial charge >= 0.3 is 5.97 Å². The minimum absolute atomic E-state index is 0.0309. The Morgan fingerprint density at radius 1 is 0.963 bits per heavy atom. The number of fused-ring (bicyclic) bond motifs is 1. The minimum Gasteiger partial charge on any atom is -0.478 e.